The molecule has 2 unspecified atom stereocenters. The van der Waals surface area contributed by atoms with Crippen LogP contribution in [-0.2, 0) is 33.5 Å². The predicted octanol–water partition coefficient (Wildman–Crippen LogP) is 0.750. The number of carbonyl (C=O) groups is 5. The summed E-state index contributed by atoms with van der Waals surface area (Å²) in [5.41, 5.74) is -0.996. The van der Waals surface area contributed by atoms with Gasteiger partial charge in [0.15, 0.2) is 10.8 Å². The van der Waals surface area contributed by atoms with Crippen LogP contribution in [-0.4, -0.2) is 97.3 Å². The normalized spacial score (nSPS) is 23.4. The summed E-state index contributed by atoms with van der Waals surface area (Å²) in [5, 5.41) is 19.7. The van der Waals surface area contributed by atoms with Crippen molar-refractivity contribution in [3.63, 3.8) is 0 Å². The van der Waals surface area contributed by atoms with Gasteiger partial charge >= 0.3 is 11.9 Å². The number of carbonyl (C=O) groups excluding carboxylic acids is 4. The summed E-state index contributed by atoms with van der Waals surface area (Å²) in [5.74, 6) is -2.03. The van der Waals surface area contributed by atoms with E-state index in [1.807, 2.05) is 6.92 Å². The van der Waals surface area contributed by atoms with E-state index in [1.54, 1.807) is 20.8 Å². The minimum absolute atomic E-state index is 0.0382. The van der Waals surface area contributed by atoms with E-state index in [0.717, 1.165) is 11.3 Å². The van der Waals surface area contributed by atoms with E-state index >= 15 is 0 Å². The maximum absolute atomic E-state index is 13.1. The molecule has 0 radical (unpaired) electrons. The lowest BCUT2D eigenvalue weighted by Crippen LogP contribution is -2.74. The molecule has 202 valence electrons. The van der Waals surface area contributed by atoms with Crippen LogP contribution >= 0.6 is 34.9 Å². The Kier molecular flexibility index (Phi) is 9.07. The number of hydrogen-bond donors (Lipinski definition) is 3. The number of ether oxygens (including phenoxy) is 1. The Morgan fingerprint density at radius 3 is 2.76 bits per heavy atom. The Morgan fingerprint density at radius 2 is 2.14 bits per heavy atom. The summed E-state index contributed by atoms with van der Waals surface area (Å²) in [6.45, 7) is 6.39. The zero-order chi connectivity index (χ0) is 27.4. The van der Waals surface area contributed by atoms with Gasteiger partial charge in [0.2, 0.25) is 18.9 Å². The predicted molar refractivity (Wildman–Crippen MR) is 139 cm³/mol. The van der Waals surface area contributed by atoms with Crippen LogP contribution in [0, 0.1) is 0 Å². The number of oxime groups is 1. The molecule has 3 heterocycles. The third-order valence-electron chi connectivity index (χ3n) is 5.05. The number of anilines is 1. The molecule has 37 heavy (non-hydrogen) atoms. The van der Waals surface area contributed by atoms with Crippen LogP contribution in [0.1, 0.15) is 33.4 Å². The molecule has 3 N–H and O–H groups in total. The van der Waals surface area contributed by atoms with Crippen molar-refractivity contribution < 1.29 is 38.7 Å². The zero-order valence-electron chi connectivity index (χ0n) is 20.5. The van der Waals surface area contributed by atoms with Crippen molar-refractivity contribution in [1.82, 2.24) is 15.2 Å². The molecule has 13 nitrogen and oxygen atoms in total. The number of thiazole rings is 1. The Hall–Kier alpha value is -2.85. The molecule has 2 aliphatic rings. The van der Waals surface area contributed by atoms with E-state index in [4.69, 9.17) is 9.57 Å². The van der Waals surface area contributed by atoms with Crippen molar-refractivity contribution in [2.45, 2.75) is 49.5 Å². The number of thioether (sulfide) groups is 2. The van der Waals surface area contributed by atoms with Gasteiger partial charge in [0.1, 0.15) is 27.5 Å². The fraction of sp³-hybridized carbons (Fsp3) is 0.571. The van der Waals surface area contributed by atoms with Crippen LogP contribution in [0.5, 0.6) is 0 Å². The molecule has 2 saturated heterocycles. The maximum atomic E-state index is 13.1. The fourth-order valence-electron chi connectivity index (χ4n) is 3.54. The van der Waals surface area contributed by atoms with Gasteiger partial charge in [0.25, 0.3) is 5.91 Å². The van der Waals surface area contributed by atoms with E-state index < -0.39 is 52.1 Å². The molecule has 3 atom stereocenters. The standard InChI is InChI=1S/C21H27N5O8S3/c1-5-37-21(18(31)32)8-26-16(30)14(17(26)36-9-21)24-15(29)13(11-7-35-19(23-11)22-10-27)25-33-6-12(28)34-20(2,3)4/h7,10,14,17H,5-6,8-9H2,1-4H3,(H,24,29)(H,31,32)(H,22,23,27)/t14?,17-,21?/m1/s1. The molecule has 1 aromatic rings. The van der Waals surface area contributed by atoms with Crippen LogP contribution in [0.4, 0.5) is 5.13 Å². The van der Waals surface area contributed by atoms with E-state index in [0.29, 0.717) is 12.2 Å². The Morgan fingerprint density at radius 1 is 1.41 bits per heavy atom. The molecule has 2 aliphatic heterocycles. The van der Waals surface area contributed by atoms with Crippen LogP contribution < -0.4 is 10.6 Å². The molecular weight excluding hydrogens is 546 g/mol. The number of fused-ring (bicyclic) bond motifs is 1. The van der Waals surface area contributed by atoms with Gasteiger partial charge in [-0.3, -0.25) is 19.2 Å². The lowest BCUT2D eigenvalue weighted by molar-refractivity contribution is -0.160. The van der Waals surface area contributed by atoms with E-state index in [-0.39, 0.29) is 28.8 Å². The SMILES string of the molecule is CCSC1(C(=O)O)CS[C@@H]2C(NC(=O)C(=NOCC(=O)OC(C)(C)C)c3csc(NC=O)n3)C(=O)N2C1. The van der Waals surface area contributed by atoms with Crippen LogP contribution in [0.25, 0.3) is 0 Å². The molecule has 2 fully saturated rings. The summed E-state index contributed by atoms with van der Waals surface area (Å²) in [6, 6.07) is -0.904. The number of carboxylic acid groups (broad SMARTS) is 1. The van der Waals surface area contributed by atoms with Crippen LogP contribution in [0.15, 0.2) is 10.5 Å². The minimum atomic E-state index is -1.11. The number of aliphatic carboxylic acids is 1. The van der Waals surface area contributed by atoms with E-state index in [2.05, 4.69) is 20.8 Å². The monoisotopic (exact) mass is 573 g/mol. The summed E-state index contributed by atoms with van der Waals surface area (Å²) in [7, 11) is 0. The third kappa shape index (κ3) is 6.73. The van der Waals surface area contributed by atoms with Gasteiger partial charge in [0, 0.05) is 17.7 Å². The lowest BCUT2D eigenvalue weighted by atomic mass is 10.0. The van der Waals surface area contributed by atoms with Crippen molar-refractivity contribution >= 4 is 75.9 Å². The topological polar surface area (TPSA) is 177 Å². The second kappa shape index (κ2) is 11.7. The molecule has 0 saturated carbocycles. The average Bonchev–Trinajstić information content (AvgIpc) is 3.27. The first kappa shape index (κ1) is 28.7. The molecule has 3 rings (SSSR count). The number of hydrogen-bond acceptors (Lipinski definition) is 12. The molecule has 0 aliphatic carbocycles. The average molecular weight is 574 g/mol. The van der Waals surface area contributed by atoms with Gasteiger partial charge in [-0.1, -0.05) is 12.1 Å². The zero-order valence-corrected chi connectivity index (χ0v) is 23.0. The summed E-state index contributed by atoms with van der Waals surface area (Å²) >= 11 is 3.59. The quantitative estimate of drug-likeness (QED) is 0.112. The Balaban J connectivity index is 1.73. The molecule has 3 amide bonds. The van der Waals surface area contributed by atoms with Crippen LogP contribution in [0.2, 0.25) is 0 Å². The molecule has 0 aromatic carbocycles. The second-order valence-electron chi connectivity index (χ2n) is 8.95. The highest BCUT2D eigenvalue weighted by Crippen LogP contribution is 2.43. The minimum Gasteiger partial charge on any atom is -0.480 e. The Bertz CT molecular complexity index is 1100. The van der Waals surface area contributed by atoms with Crippen molar-refractivity contribution in [3.8, 4) is 0 Å². The van der Waals surface area contributed by atoms with Crippen LogP contribution in [0.3, 0.4) is 0 Å². The number of rotatable bonds is 11. The molecule has 0 spiro atoms. The van der Waals surface area contributed by atoms with Gasteiger partial charge in [-0.05, 0) is 26.5 Å². The number of nitrogens with one attached hydrogen (secondary N) is 2. The van der Waals surface area contributed by atoms with Gasteiger partial charge in [-0.25, -0.2) is 9.78 Å². The largest absolute Gasteiger partial charge is 0.480 e. The second-order valence-corrected chi connectivity index (χ2v) is 12.6. The van der Waals surface area contributed by atoms with Crippen molar-refractivity contribution in [1.29, 1.82) is 0 Å². The molecule has 16 heteroatoms. The highest BCUT2D eigenvalue weighted by molar-refractivity contribution is 8.05. The smallest absolute Gasteiger partial charge is 0.347 e. The first-order chi connectivity index (χ1) is 17.4. The van der Waals surface area contributed by atoms with Gasteiger partial charge in [-0.15, -0.1) is 34.9 Å². The lowest BCUT2D eigenvalue weighted by Gasteiger charge is -2.53. The number of amides is 3. The first-order valence-electron chi connectivity index (χ1n) is 11.1. The highest BCUT2D eigenvalue weighted by atomic mass is 32.2. The fourth-order valence-corrected chi connectivity index (χ4v) is 7.03. The first-order valence-corrected chi connectivity index (χ1v) is 14.0. The summed E-state index contributed by atoms with van der Waals surface area (Å²) in [4.78, 5) is 71.1. The Labute approximate surface area is 225 Å². The summed E-state index contributed by atoms with van der Waals surface area (Å²) in [6.07, 6.45) is 0.425. The van der Waals surface area contributed by atoms with E-state index in [1.165, 1.54) is 33.8 Å². The number of esters is 1. The number of β-lactam (4-membered cyclic amide) rings is 1. The van der Waals surface area contributed by atoms with Gasteiger partial charge in [-0.2, -0.15) is 0 Å². The van der Waals surface area contributed by atoms with Crippen molar-refractivity contribution in [2.24, 2.45) is 5.16 Å². The maximum Gasteiger partial charge on any atom is 0.347 e. The molecule has 0 bridgehead atoms. The van der Waals surface area contributed by atoms with Gasteiger partial charge in [0.05, 0.1) is 0 Å². The summed E-state index contributed by atoms with van der Waals surface area (Å²) < 4.78 is 4.04. The third-order valence-corrected chi connectivity index (χ3v) is 8.83. The number of aromatic nitrogens is 1. The van der Waals surface area contributed by atoms with E-state index in [9.17, 15) is 29.1 Å². The molecular formula is C21H27N5O8S3. The molecule has 1 aromatic heterocycles. The number of nitrogens with zero attached hydrogens (tertiary/aromatic N) is 3. The highest BCUT2D eigenvalue weighted by Gasteiger charge is 2.57. The van der Waals surface area contributed by atoms with Crippen molar-refractivity contribution in [3.05, 3.63) is 11.1 Å². The van der Waals surface area contributed by atoms with Gasteiger partial charge < -0.3 is 30.2 Å². The number of carboxylic acids is 1. The van der Waals surface area contributed by atoms with Crippen molar-refractivity contribution in [2.75, 3.05) is 30.0 Å².